The molecule has 0 saturated carbocycles. The van der Waals surface area contributed by atoms with E-state index in [2.05, 4.69) is 35.0 Å². The summed E-state index contributed by atoms with van der Waals surface area (Å²) in [6, 6.07) is 5.42. The number of methoxy groups -OCH3 is 1. The van der Waals surface area contributed by atoms with E-state index in [-0.39, 0.29) is 29.7 Å². The number of allylic oxidation sites excluding steroid dienone is 2. The van der Waals surface area contributed by atoms with E-state index in [4.69, 9.17) is 9.47 Å². The van der Waals surface area contributed by atoms with Crippen LogP contribution in [0.3, 0.4) is 0 Å². The molecule has 0 aromatic heterocycles. The van der Waals surface area contributed by atoms with Gasteiger partial charge in [-0.2, -0.15) is 0 Å². The second-order valence-electron chi connectivity index (χ2n) is 11.4. The highest BCUT2D eigenvalue weighted by molar-refractivity contribution is 5.93. The van der Waals surface area contributed by atoms with Crippen LogP contribution in [0.15, 0.2) is 48.6 Å². The first-order valence-corrected chi connectivity index (χ1v) is 14.8. The average molecular weight is 569 g/mol. The van der Waals surface area contributed by atoms with Gasteiger partial charge in [-0.25, -0.2) is 0 Å². The van der Waals surface area contributed by atoms with Crippen molar-refractivity contribution >= 4 is 17.7 Å². The second-order valence-corrected chi connectivity index (χ2v) is 11.4. The Morgan fingerprint density at radius 3 is 2.49 bits per heavy atom. The number of hydrogen-bond donors (Lipinski definition) is 3. The topological polar surface area (TPSA) is 109 Å². The first kappa shape index (κ1) is 32.3. The number of amides is 3. The second kappa shape index (κ2) is 15.2. The van der Waals surface area contributed by atoms with Crippen molar-refractivity contribution in [3.05, 3.63) is 54.1 Å². The zero-order valence-corrected chi connectivity index (χ0v) is 25.4. The Balaban J connectivity index is 1.85. The fraction of sp³-hybridized carbons (Fsp3) is 0.594. The van der Waals surface area contributed by atoms with Gasteiger partial charge in [0.1, 0.15) is 17.8 Å². The standard InChI is InChI=1S/C32H48N4O5/c1-7-11-27-31(39)36(5)23(3)29(37)35-28(20-24-14-16-26(40-6)17-15-24)30(38)33-19-10-13-25-12-8-9-18-32(25,4)41-22(2)21-34-27/h8-9,12,14-18,22-23,25,27-28,34H,7,10-11,13,19-21H2,1-6H3,(H,33,38)(H,35,37)/t22-,23-,25?,27+,28-,32?/m1/s1. The Kier molecular flexibility index (Phi) is 12.0. The maximum Gasteiger partial charge on any atom is 0.243 e. The molecule has 3 rings (SSSR count). The van der Waals surface area contributed by atoms with Crippen molar-refractivity contribution in [1.82, 2.24) is 20.9 Å². The minimum absolute atomic E-state index is 0.139. The monoisotopic (exact) mass is 568 g/mol. The van der Waals surface area contributed by atoms with E-state index >= 15 is 0 Å². The third kappa shape index (κ3) is 8.91. The van der Waals surface area contributed by atoms with Gasteiger partial charge in [0.05, 0.1) is 24.9 Å². The molecule has 226 valence electrons. The molecular formula is C32H48N4O5. The molecule has 3 N–H and O–H groups in total. The minimum Gasteiger partial charge on any atom is -0.497 e. The maximum atomic E-state index is 13.5. The van der Waals surface area contributed by atoms with Crippen LogP contribution in [0, 0.1) is 5.92 Å². The van der Waals surface area contributed by atoms with Gasteiger partial charge in [0.25, 0.3) is 0 Å². The van der Waals surface area contributed by atoms with Crippen molar-refractivity contribution in [2.45, 2.75) is 89.6 Å². The first-order chi connectivity index (χ1) is 19.6. The minimum atomic E-state index is -0.794. The molecule has 3 amide bonds. The fourth-order valence-corrected chi connectivity index (χ4v) is 5.42. The molecule has 1 aromatic rings. The van der Waals surface area contributed by atoms with Crippen LogP contribution in [0.4, 0.5) is 0 Å². The summed E-state index contributed by atoms with van der Waals surface area (Å²) in [6.45, 7) is 8.80. The van der Waals surface area contributed by atoms with E-state index < -0.39 is 23.7 Å². The lowest BCUT2D eigenvalue weighted by atomic mass is 9.82. The third-order valence-electron chi connectivity index (χ3n) is 8.13. The number of rotatable bonds is 5. The molecule has 1 heterocycles. The molecule has 2 aliphatic rings. The molecule has 0 bridgehead atoms. The lowest BCUT2D eigenvalue weighted by Gasteiger charge is -2.38. The van der Waals surface area contributed by atoms with Gasteiger partial charge in [0.2, 0.25) is 17.7 Å². The van der Waals surface area contributed by atoms with E-state index in [1.807, 2.05) is 50.3 Å². The number of nitrogens with one attached hydrogen (secondary N) is 3. The predicted octanol–water partition coefficient (Wildman–Crippen LogP) is 3.14. The van der Waals surface area contributed by atoms with Gasteiger partial charge >= 0.3 is 0 Å². The van der Waals surface area contributed by atoms with E-state index in [0.29, 0.717) is 31.7 Å². The van der Waals surface area contributed by atoms with Crippen LogP contribution in [0.25, 0.3) is 0 Å². The zero-order chi connectivity index (χ0) is 30.0. The maximum absolute atomic E-state index is 13.5. The number of carbonyl (C=O) groups excluding carboxylic acids is 3. The Hall–Kier alpha value is -3.17. The highest BCUT2D eigenvalue weighted by atomic mass is 16.5. The summed E-state index contributed by atoms with van der Waals surface area (Å²) in [4.78, 5) is 41.7. The van der Waals surface area contributed by atoms with Crippen LogP contribution in [0.5, 0.6) is 5.75 Å². The summed E-state index contributed by atoms with van der Waals surface area (Å²) in [7, 11) is 3.24. The molecule has 1 aliphatic carbocycles. The highest BCUT2D eigenvalue weighted by Crippen LogP contribution is 2.32. The van der Waals surface area contributed by atoms with Gasteiger partial charge in [-0.3, -0.25) is 14.4 Å². The van der Waals surface area contributed by atoms with Crippen molar-refractivity contribution in [3.63, 3.8) is 0 Å². The van der Waals surface area contributed by atoms with Crippen molar-refractivity contribution in [2.24, 2.45) is 5.92 Å². The third-order valence-corrected chi connectivity index (χ3v) is 8.13. The largest absolute Gasteiger partial charge is 0.497 e. The van der Waals surface area contributed by atoms with Gasteiger partial charge in [-0.1, -0.05) is 49.8 Å². The number of fused-ring (bicyclic) bond motifs is 1. The lowest BCUT2D eigenvalue weighted by molar-refractivity contribution is -0.141. The van der Waals surface area contributed by atoms with Crippen molar-refractivity contribution in [1.29, 1.82) is 0 Å². The van der Waals surface area contributed by atoms with Gasteiger partial charge in [-0.05, 0) is 57.7 Å². The smallest absolute Gasteiger partial charge is 0.243 e. The van der Waals surface area contributed by atoms with Gasteiger partial charge in [0, 0.05) is 32.5 Å². The summed E-state index contributed by atoms with van der Waals surface area (Å²) < 4.78 is 11.8. The van der Waals surface area contributed by atoms with Crippen LogP contribution >= 0.6 is 0 Å². The number of hydrogen-bond acceptors (Lipinski definition) is 6. The molecule has 9 nitrogen and oxygen atoms in total. The van der Waals surface area contributed by atoms with E-state index in [9.17, 15) is 14.4 Å². The van der Waals surface area contributed by atoms with Gasteiger partial charge in [0.15, 0.2) is 0 Å². The lowest BCUT2D eigenvalue weighted by Crippen LogP contribution is -2.56. The molecule has 6 atom stereocenters. The Morgan fingerprint density at radius 1 is 1.07 bits per heavy atom. The molecule has 1 aromatic carbocycles. The number of ether oxygens (including phenoxy) is 2. The summed E-state index contributed by atoms with van der Waals surface area (Å²) in [5.74, 6) is 0.0586. The van der Waals surface area contributed by atoms with E-state index in [0.717, 1.165) is 24.8 Å². The number of carbonyl (C=O) groups is 3. The average Bonchev–Trinajstić information content (AvgIpc) is 2.96. The number of likely N-dealkylation sites (N-methyl/N-ethyl adjacent to an activating group) is 1. The van der Waals surface area contributed by atoms with Gasteiger partial charge < -0.3 is 30.3 Å². The quantitative estimate of drug-likeness (QED) is 0.504. The van der Waals surface area contributed by atoms with Crippen LogP contribution in [0.1, 0.15) is 58.9 Å². The van der Waals surface area contributed by atoms with Crippen LogP contribution in [-0.4, -0.2) is 79.7 Å². The molecule has 2 unspecified atom stereocenters. The van der Waals surface area contributed by atoms with Crippen molar-refractivity contribution < 1.29 is 23.9 Å². The molecule has 1 fully saturated rings. The van der Waals surface area contributed by atoms with Gasteiger partial charge in [-0.15, -0.1) is 0 Å². The Labute approximate surface area is 245 Å². The Bertz CT molecular complexity index is 1090. The zero-order valence-electron chi connectivity index (χ0n) is 25.4. The number of nitrogens with zero attached hydrogens (tertiary/aromatic N) is 1. The molecule has 41 heavy (non-hydrogen) atoms. The van der Waals surface area contributed by atoms with Crippen LogP contribution in [-0.2, 0) is 25.5 Å². The molecule has 1 aliphatic heterocycles. The van der Waals surface area contributed by atoms with Crippen LogP contribution < -0.4 is 20.7 Å². The van der Waals surface area contributed by atoms with Crippen molar-refractivity contribution in [2.75, 3.05) is 27.2 Å². The molecular weight excluding hydrogens is 520 g/mol. The van der Waals surface area contributed by atoms with Crippen LogP contribution in [0.2, 0.25) is 0 Å². The highest BCUT2D eigenvalue weighted by Gasteiger charge is 2.35. The predicted molar refractivity (Wildman–Crippen MR) is 161 cm³/mol. The van der Waals surface area contributed by atoms with E-state index in [1.54, 1.807) is 21.1 Å². The fourth-order valence-electron chi connectivity index (χ4n) is 5.42. The van der Waals surface area contributed by atoms with Crippen molar-refractivity contribution in [3.8, 4) is 5.75 Å². The first-order valence-electron chi connectivity index (χ1n) is 14.8. The molecule has 1 saturated heterocycles. The summed E-state index contributed by atoms with van der Waals surface area (Å²) in [5.41, 5.74) is 0.394. The molecule has 0 spiro atoms. The molecule has 0 radical (unpaired) electrons. The normalized spacial score (nSPS) is 30.5. The number of benzene rings is 1. The summed E-state index contributed by atoms with van der Waals surface area (Å²) in [6.07, 6.45) is 11.5. The Morgan fingerprint density at radius 2 is 1.80 bits per heavy atom. The van der Waals surface area contributed by atoms with E-state index in [1.165, 1.54) is 4.90 Å². The molecule has 9 heteroatoms. The summed E-state index contributed by atoms with van der Waals surface area (Å²) in [5, 5.41) is 9.34. The summed E-state index contributed by atoms with van der Waals surface area (Å²) >= 11 is 0. The SMILES string of the molecule is CCC[C@@H]1NC[C@@H](C)OC2(C)C=CC=CC2CCCNC(=O)[C@@H](Cc2ccc(OC)cc2)NC(=O)[C@@H](C)N(C)C1=O.